The third-order valence-corrected chi connectivity index (χ3v) is 4.44. The molecule has 5 nitrogen and oxygen atoms in total. The highest BCUT2D eigenvalue weighted by Gasteiger charge is 2.42. The predicted octanol–water partition coefficient (Wildman–Crippen LogP) is 0.972. The van der Waals surface area contributed by atoms with Gasteiger partial charge in [0.25, 0.3) is 5.56 Å². The van der Waals surface area contributed by atoms with E-state index in [4.69, 9.17) is 5.73 Å². The lowest BCUT2D eigenvalue weighted by atomic mass is 10.0. The van der Waals surface area contributed by atoms with Gasteiger partial charge in [0.2, 0.25) is 0 Å². The van der Waals surface area contributed by atoms with Gasteiger partial charge in [0.1, 0.15) is 0 Å². The van der Waals surface area contributed by atoms with Gasteiger partial charge in [0.15, 0.2) is 0 Å². The van der Waals surface area contributed by atoms with Gasteiger partial charge in [-0.15, -0.1) is 0 Å². The van der Waals surface area contributed by atoms with Crippen LogP contribution in [0.25, 0.3) is 0 Å². The topological polar surface area (TPSA) is 64.2 Å². The van der Waals surface area contributed by atoms with E-state index in [2.05, 4.69) is 10.00 Å². The van der Waals surface area contributed by atoms with Crippen molar-refractivity contribution in [2.45, 2.75) is 38.6 Å². The Balaban J connectivity index is 1.74. The second-order valence-electron chi connectivity index (χ2n) is 5.94. The number of anilines is 1. The fraction of sp³-hybridized carbons (Fsp3) is 0.714. The van der Waals surface area contributed by atoms with Crippen LogP contribution in [0.2, 0.25) is 0 Å². The summed E-state index contributed by atoms with van der Waals surface area (Å²) in [5.41, 5.74) is 6.88. The predicted molar refractivity (Wildman–Crippen MR) is 75.3 cm³/mol. The van der Waals surface area contributed by atoms with Crippen LogP contribution in [0.1, 0.15) is 32.1 Å². The minimum atomic E-state index is 0.0210. The van der Waals surface area contributed by atoms with Crippen LogP contribution in [0.3, 0.4) is 0 Å². The van der Waals surface area contributed by atoms with Crippen LogP contribution in [-0.4, -0.2) is 29.4 Å². The van der Waals surface area contributed by atoms with Crippen molar-refractivity contribution in [2.24, 2.45) is 11.1 Å². The summed E-state index contributed by atoms with van der Waals surface area (Å²) in [5.74, 6) is 0. The summed E-state index contributed by atoms with van der Waals surface area (Å²) in [4.78, 5) is 14.4. The molecule has 0 spiro atoms. The summed E-state index contributed by atoms with van der Waals surface area (Å²) < 4.78 is 1.61. The molecule has 0 radical (unpaired) electrons. The zero-order valence-electron chi connectivity index (χ0n) is 11.3. The van der Waals surface area contributed by atoms with Gasteiger partial charge in [-0.3, -0.25) is 4.79 Å². The molecule has 2 heterocycles. The molecule has 104 valence electrons. The van der Waals surface area contributed by atoms with Gasteiger partial charge in [-0.05, 0) is 44.1 Å². The molecule has 1 saturated heterocycles. The highest BCUT2D eigenvalue weighted by atomic mass is 16.1. The summed E-state index contributed by atoms with van der Waals surface area (Å²) in [5, 5.41) is 4.35. The number of rotatable bonds is 5. The molecule has 0 amide bonds. The molecule has 5 heteroatoms. The zero-order valence-corrected chi connectivity index (χ0v) is 11.3. The van der Waals surface area contributed by atoms with Crippen molar-refractivity contribution in [3.8, 4) is 0 Å². The number of aromatic nitrogens is 2. The van der Waals surface area contributed by atoms with Gasteiger partial charge < -0.3 is 10.6 Å². The van der Waals surface area contributed by atoms with Gasteiger partial charge in [-0.25, -0.2) is 4.68 Å². The summed E-state index contributed by atoms with van der Waals surface area (Å²) in [6.45, 7) is 3.51. The second kappa shape index (κ2) is 4.96. The molecular formula is C14H22N4O. The third kappa shape index (κ3) is 2.66. The van der Waals surface area contributed by atoms with Crippen molar-refractivity contribution in [3.63, 3.8) is 0 Å². The first-order chi connectivity index (χ1) is 9.22. The molecule has 3 rings (SSSR count). The van der Waals surface area contributed by atoms with Crippen molar-refractivity contribution >= 4 is 5.69 Å². The van der Waals surface area contributed by atoms with Gasteiger partial charge >= 0.3 is 0 Å². The largest absolute Gasteiger partial charge is 0.370 e. The van der Waals surface area contributed by atoms with E-state index in [9.17, 15) is 4.79 Å². The third-order valence-electron chi connectivity index (χ3n) is 4.44. The SMILES string of the molecule is NCCC1(Cn2ncc(N3CCCC3)cc2=O)CC1. The quantitative estimate of drug-likeness (QED) is 0.859. The Kier molecular flexibility index (Phi) is 3.31. The maximum absolute atomic E-state index is 12.1. The molecule has 1 aromatic rings. The van der Waals surface area contributed by atoms with Crippen LogP contribution < -0.4 is 16.2 Å². The lowest BCUT2D eigenvalue weighted by molar-refractivity contribution is 0.365. The number of hydrogen-bond donors (Lipinski definition) is 1. The molecule has 2 N–H and O–H groups in total. The molecule has 2 fully saturated rings. The molecule has 0 aromatic carbocycles. The van der Waals surface area contributed by atoms with Crippen LogP contribution in [0.4, 0.5) is 5.69 Å². The van der Waals surface area contributed by atoms with Gasteiger partial charge in [-0.1, -0.05) is 0 Å². The van der Waals surface area contributed by atoms with E-state index in [1.165, 1.54) is 25.7 Å². The van der Waals surface area contributed by atoms with Crippen LogP contribution in [0.15, 0.2) is 17.1 Å². The maximum Gasteiger partial charge on any atom is 0.268 e. The Morgan fingerprint density at radius 3 is 2.63 bits per heavy atom. The van der Waals surface area contributed by atoms with E-state index in [0.717, 1.165) is 31.7 Å². The van der Waals surface area contributed by atoms with E-state index >= 15 is 0 Å². The molecule has 0 atom stereocenters. The van der Waals surface area contributed by atoms with Crippen molar-refractivity contribution in [2.75, 3.05) is 24.5 Å². The molecule has 0 unspecified atom stereocenters. The van der Waals surface area contributed by atoms with Gasteiger partial charge in [0, 0.05) is 19.2 Å². The zero-order chi connectivity index (χ0) is 13.3. The van der Waals surface area contributed by atoms with E-state index in [1.54, 1.807) is 10.7 Å². The Bertz CT molecular complexity index is 500. The lowest BCUT2D eigenvalue weighted by Crippen LogP contribution is -2.29. The van der Waals surface area contributed by atoms with Crippen LogP contribution in [0, 0.1) is 5.41 Å². The normalized spacial score (nSPS) is 20.8. The first kappa shape index (κ1) is 12.7. The fourth-order valence-corrected chi connectivity index (χ4v) is 2.98. The highest BCUT2D eigenvalue weighted by molar-refractivity contribution is 5.43. The van der Waals surface area contributed by atoms with Crippen LogP contribution >= 0.6 is 0 Å². The molecular weight excluding hydrogens is 240 g/mol. The lowest BCUT2D eigenvalue weighted by Gasteiger charge is -2.18. The molecule has 0 bridgehead atoms. The summed E-state index contributed by atoms with van der Waals surface area (Å²) in [6, 6.07) is 1.73. The van der Waals surface area contributed by atoms with Crippen molar-refractivity contribution in [1.29, 1.82) is 0 Å². The summed E-state index contributed by atoms with van der Waals surface area (Å²) in [7, 11) is 0. The first-order valence-corrected chi connectivity index (χ1v) is 7.25. The molecule has 2 aliphatic rings. The van der Waals surface area contributed by atoms with Crippen molar-refractivity contribution in [3.05, 3.63) is 22.6 Å². The van der Waals surface area contributed by atoms with E-state index in [0.29, 0.717) is 6.54 Å². The molecule has 1 saturated carbocycles. The van der Waals surface area contributed by atoms with Crippen molar-refractivity contribution in [1.82, 2.24) is 9.78 Å². The number of hydrogen-bond acceptors (Lipinski definition) is 4. The Morgan fingerprint density at radius 2 is 2.05 bits per heavy atom. The average molecular weight is 262 g/mol. The van der Waals surface area contributed by atoms with Gasteiger partial charge in [-0.2, -0.15) is 5.10 Å². The average Bonchev–Trinajstić information content (AvgIpc) is 2.93. The number of nitrogens with zero attached hydrogens (tertiary/aromatic N) is 3. The van der Waals surface area contributed by atoms with E-state index in [1.807, 2.05) is 6.20 Å². The maximum atomic E-state index is 12.1. The van der Waals surface area contributed by atoms with E-state index < -0.39 is 0 Å². The smallest absolute Gasteiger partial charge is 0.268 e. The van der Waals surface area contributed by atoms with Crippen LogP contribution in [0.5, 0.6) is 0 Å². The summed E-state index contributed by atoms with van der Waals surface area (Å²) >= 11 is 0. The molecule has 1 aromatic heterocycles. The fourth-order valence-electron chi connectivity index (χ4n) is 2.98. The minimum Gasteiger partial charge on any atom is -0.370 e. The molecule has 1 aliphatic heterocycles. The Hall–Kier alpha value is -1.36. The highest BCUT2D eigenvalue weighted by Crippen LogP contribution is 2.49. The standard InChI is InChI=1S/C14H22N4O/c15-6-5-14(3-4-14)11-18-13(19)9-12(10-16-18)17-7-1-2-8-17/h9-10H,1-8,11,15H2. The minimum absolute atomic E-state index is 0.0210. The van der Waals surface area contributed by atoms with E-state index in [-0.39, 0.29) is 11.0 Å². The van der Waals surface area contributed by atoms with Crippen LogP contribution in [-0.2, 0) is 6.54 Å². The second-order valence-corrected chi connectivity index (χ2v) is 5.94. The Labute approximate surface area is 113 Å². The molecule has 19 heavy (non-hydrogen) atoms. The first-order valence-electron chi connectivity index (χ1n) is 7.25. The summed E-state index contributed by atoms with van der Waals surface area (Å²) in [6.07, 6.45) is 7.60. The Morgan fingerprint density at radius 1 is 1.32 bits per heavy atom. The monoisotopic (exact) mass is 262 g/mol. The van der Waals surface area contributed by atoms with Gasteiger partial charge in [0.05, 0.1) is 18.4 Å². The van der Waals surface area contributed by atoms with Crippen molar-refractivity contribution < 1.29 is 0 Å². The molecule has 1 aliphatic carbocycles. The number of nitrogens with two attached hydrogens (primary N) is 1.